The highest BCUT2D eigenvalue weighted by atomic mass is 16.6. The Morgan fingerprint density at radius 3 is 2.37 bits per heavy atom. The third-order valence-corrected chi connectivity index (χ3v) is 4.86. The van der Waals surface area contributed by atoms with Gasteiger partial charge in [-0.15, -0.1) is 0 Å². The van der Waals surface area contributed by atoms with Crippen LogP contribution in [0.15, 0.2) is 30.3 Å². The number of benzene rings is 1. The zero-order chi connectivity index (χ0) is 20.2. The van der Waals surface area contributed by atoms with Crippen LogP contribution in [0.4, 0.5) is 0 Å². The van der Waals surface area contributed by atoms with Gasteiger partial charge in [-0.25, -0.2) is 0 Å². The van der Waals surface area contributed by atoms with Crippen LogP contribution in [0.2, 0.25) is 0 Å². The standard InChI is InChI=1S/C21H31NO5/c1-14(23)18(20(25)27-21(2,3)4)16-11-12-17(19(24)26-5)22(16)13-15-9-7-6-8-10-15/h6-10,14,16-18,23H,11-13H2,1-5H3/t14-,16-,17+,18+/m1/s1. The summed E-state index contributed by atoms with van der Waals surface area (Å²) >= 11 is 0. The summed E-state index contributed by atoms with van der Waals surface area (Å²) in [6.45, 7) is 7.50. The van der Waals surface area contributed by atoms with Gasteiger partial charge in [0.15, 0.2) is 0 Å². The van der Waals surface area contributed by atoms with Gasteiger partial charge in [-0.1, -0.05) is 30.3 Å². The topological polar surface area (TPSA) is 76.1 Å². The molecule has 0 amide bonds. The van der Waals surface area contributed by atoms with Crippen molar-refractivity contribution in [3.05, 3.63) is 35.9 Å². The van der Waals surface area contributed by atoms with E-state index in [0.717, 1.165) is 5.56 Å². The molecule has 1 heterocycles. The number of rotatable bonds is 6. The molecule has 1 aromatic rings. The lowest BCUT2D eigenvalue weighted by atomic mass is 9.92. The van der Waals surface area contributed by atoms with Crippen LogP contribution < -0.4 is 0 Å². The van der Waals surface area contributed by atoms with Gasteiger partial charge in [-0.3, -0.25) is 14.5 Å². The van der Waals surface area contributed by atoms with Crippen molar-refractivity contribution in [3.8, 4) is 0 Å². The Labute approximate surface area is 161 Å². The lowest BCUT2D eigenvalue weighted by Crippen LogP contribution is -2.49. The van der Waals surface area contributed by atoms with E-state index in [4.69, 9.17) is 9.47 Å². The van der Waals surface area contributed by atoms with E-state index in [1.807, 2.05) is 35.2 Å². The van der Waals surface area contributed by atoms with Crippen molar-refractivity contribution < 1.29 is 24.2 Å². The summed E-state index contributed by atoms with van der Waals surface area (Å²) in [5.41, 5.74) is 0.390. The number of likely N-dealkylation sites (tertiary alicyclic amines) is 1. The first-order valence-electron chi connectivity index (χ1n) is 9.42. The number of methoxy groups -OCH3 is 1. The molecule has 1 aliphatic rings. The molecule has 0 aromatic heterocycles. The van der Waals surface area contributed by atoms with E-state index in [2.05, 4.69) is 0 Å². The Morgan fingerprint density at radius 1 is 1.22 bits per heavy atom. The summed E-state index contributed by atoms with van der Waals surface area (Å²) in [4.78, 5) is 27.1. The average molecular weight is 377 g/mol. The normalized spacial score (nSPS) is 22.9. The molecule has 0 unspecified atom stereocenters. The maximum atomic E-state index is 12.8. The van der Waals surface area contributed by atoms with Gasteiger partial charge >= 0.3 is 11.9 Å². The number of carbonyl (C=O) groups excluding carboxylic acids is 2. The van der Waals surface area contributed by atoms with Gasteiger partial charge in [-0.05, 0) is 46.1 Å². The third kappa shape index (κ3) is 5.53. The van der Waals surface area contributed by atoms with E-state index < -0.39 is 29.6 Å². The highest BCUT2D eigenvalue weighted by Crippen LogP contribution is 2.34. The van der Waals surface area contributed by atoms with E-state index in [1.54, 1.807) is 27.7 Å². The van der Waals surface area contributed by atoms with Gasteiger partial charge in [0, 0.05) is 12.6 Å². The molecule has 27 heavy (non-hydrogen) atoms. The second-order valence-corrected chi connectivity index (χ2v) is 8.14. The molecule has 1 fully saturated rings. The fraction of sp³-hybridized carbons (Fsp3) is 0.619. The molecule has 0 radical (unpaired) electrons. The van der Waals surface area contributed by atoms with E-state index in [1.165, 1.54) is 7.11 Å². The van der Waals surface area contributed by atoms with Gasteiger partial charge < -0.3 is 14.6 Å². The summed E-state index contributed by atoms with van der Waals surface area (Å²) in [7, 11) is 1.37. The molecule has 1 N–H and O–H groups in total. The second-order valence-electron chi connectivity index (χ2n) is 8.14. The Hall–Kier alpha value is -1.92. The van der Waals surface area contributed by atoms with Crippen molar-refractivity contribution in [3.63, 3.8) is 0 Å². The Morgan fingerprint density at radius 2 is 1.85 bits per heavy atom. The summed E-state index contributed by atoms with van der Waals surface area (Å²) in [6.07, 6.45) is 0.303. The van der Waals surface area contributed by atoms with E-state index in [0.29, 0.717) is 19.4 Å². The molecule has 2 rings (SSSR count). The van der Waals surface area contributed by atoms with Gasteiger partial charge in [0.1, 0.15) is 11.6 Å². The predicted octanol–water partition coefficient (Wildman–Crippen LogP) is 2.53. The fourth-order valence-corrected chi connectivity index (χ4v) is 3.73. The SMILES string of the molecule is COC(=O)[C@@H]1CC[C@H]([C@@H](C(=O)OC(C)(C)C)[C@@H](C)O)N1Cc1ccccc1. The largest absolute Gasteiger partial charge is 0.468 e. The molecule has 0 spiro atoms. The van der Waals surface area contributed by atoms with Gasteiger partial charge in [0.05, 0.1) is 19.1 Å². The van der Waals surface area contributed by atoms with Gasteiger partial charge in [0.2, 0.25) is 0 Å². The maximum absolute atomic E-state index is 12.8. The highest BCUT2D eigenvalue weighted by Gasteiger charge is 2.47. The predicted molar refractivity (Wildman–Crippen MR) is 102 cm³/mol. The third-order valence-electron chi connectivity index (χ3n) is 4.86. The summed E-state index contributed by atoms with van der Waals surface area (Å²) in [5, 5.41) is 10.4. The minimum absolute atomic E-state index is 0.302. The number of nitrogens with zero attached hydrogens (tertiary/aromatic N) is 1. The Balaban J connectivity index is 2.31. The number of hydrogen-bond donors (Lipinski definition) is 1. The Bertz CT molecular complexity index is 638. The van der Waals surface area contributed by atoms with Crippen molar-refractivity contribution >= 4 is 11.9 Å². The van der Waals surface area contributed by atoms with Gasteiger partial charge in [-0.2, -0.15) is 0 Å². The second kappa shape index (κ2) is 8.85. The lowest BCUT2D eigenvalue weighted by molar-refractivity contribution is -0.168. The lowest BCUT2D eigenvalue weighted by Gasteiger charge is -2.35. The van der Waals surface area contributed by atoms with Crippen LogP contribution in [0.3, 0.4) is 0 Å². The summed E-state index contributed by atoms with van der Waals surface area (Å²) < 4.78 is 10.5. The van der Waals surface area contributed by atoms with Crippen molar-refractivity contribution in [2.45, 2.75) is 70.9 Å². The number of esters is 2. The molecule has 4 atom stereocenters. The monoisotopic (exact) mass is 377 g/mol. The molecular weight excluding hydrogens is 346 g/mol. The van der Waals surface area contributed by atoms with Crippen LogP contribution in [0.25, 0.3) is 0 Å². The first-order valence-corrected chi connectivity index (χ1v) is 9.42. The van der Waals surface area contributed by atoms with Crippen molar-refractivity contribution in [1.29, 1.82) is 0 Å². The minimum Gasteiger partial charge on any atom is -0.468 e. The first-order chi connectivity index (χ1) is 12.6. The van der Waals surface area contributed by atoms with Crippen molar-refractivity contribution in [1.82, 2.24) is 4.90 Å². The number of aliphatic hydroxyl groups is 1. The zero-order valence-electron chi connectivity index (χ0n) is 16.8. The molecule has 6 heteroatoms. The average Bonchev–Trinajstić information content (AvgIpc) is 2.96. The number of carbonyl (C=O) groups is 2. The smallest absolute Gasteiger partial charge is 0.323 e. The van der Waals surface area contributed by atoms with Crippen LogP contribution in [-0.2, 0) is 25.6 Å². The molecule has 0 aliphatic carbocycles. The summed E-state index contributed by atoms with van der Waals surface area (Å²) in [6, 6.07) is 9.03. The van der Waals surface area contributed by atoms with Crippen molar-refractivity contribution in [2.24, 2.45) is 5.92 Å². The molecule has 0 saturated carbocycles. The van der Waals surface area contributed by atoms with Crippen LogP contribution in [0, 0.1) is 5.92 Å². The Kier molecular flexibility index (Phi) is 7.00. The molecule has 1 aliphatic heterocycles. The molecule has 1 aromatic carbocycles. The zero-order valence-corrected chi connectivity index (χ0v) is 16.8. The van der Waals surface area contributed by atoms with Crippen LogP contribution in [-0.4, -0.2) is 52.8 Å². The van der Waals surface area contributed by atoms with E-state index in [9.17, 15) is 14.7 Å². The van der Waals surface area contributed by atoms with Gasteiger partial charge in [0.25, 0.3) is 0 Å². The summed E-state index contributed by atoms with van der Waals surface area (Å²) in [5.74, 6) is -1.49. The number of aliphatic hydroxyl groups excluding tert-OH is 1. The number of ether oxygens (including phenoxy) is 2. The minimum atomic E-state index is -0.889. The molecule has 150 valence electrons. The van der Waals surface area contributed by atoms with Crippen LogP contribution in [0.1, 0.15) is 46.1 Å². The quantitative estimate of drug-likeness (QED) is 0.768. The van der Waals surface area contributed by atoms with Crippen molar-refractivity contribution in [2.75, 3.05) is 7.11 Å². The molecule has 6 nitrogen and oxygen atoms in total. The van der Waals surface area contributed by atoms with E-state index in [-0.39, 0.29) is 12.0 Å². The first kappa shape index (κ1) is 21.4. The van der Waals surface area contributed by atoms with Crippen LogP contribution in [0.5, 0.6) is 0 Å². The maximum Gasteiger partial charge on any atom is 0.323 e. The number of hydrogen-bond acceptors (Lipinski definition) is 6. The molecule has 1 saturated heterocycles. The van der Waals surface area contributed by atoms with Crippen LogP contribution >= 0.6 is 0 Å². The molecule has 0 bridgehead atoms. The molecular formula is C21H31NO5. The highest BCUT2D eigenvalue weighted by molar-refractivity contribution is 5.77. The fourth-order valence-electron chi connectivity index (χ4n) is 3.73. The van der Waals surface area contributed by atoms with E-state index >= 15 is 0 Å².